The summed E-state index contributed by atoms with van der Waals surface area (Å²) in [7, 11) is 0. The Bertz CT molecular complexity index is 304. The Morgan fingerprint density at radius 3 is 2.40 bits per heavy atom. The van der Waals surface area contributed by atoms with Crippen molar-refractivity contribution < 1.29 is 0 Å². The third kappa shape index (κ3) is 3.02. The van der Waals surface area contributed by atoms with E-state index in [-0.39, 0.29) is 0 Å². The minimum Gasteiger partial charge on any atom is -0.315 e. The van der Waals surface area contributed by atoms with Crippen molar-refractivity contribution in [1.29, 1.82) is 0 Å². The van der Waals surface area contributed by atoms with Crippen LogP contribution in [0.2, 0.25) is 0 Å². The molecule has 0 aliphatic rings. The van der Waals surface area contributed by atoms with Gasteiger partial charge < -0.3 is 5.32 Å². The Labute approximate surface area is 92.1 Å². The zero-order valence-electron chi connectivity index (χ0n) is 10.4. The van der Waals surface area contributed by atoms with Gasteiger partial charge in [0.25, 0.3) is 0 Å². The number of rotatable bonds is 5. The van der Waals surface area contributed by atoms with Crippen LogP contribution in [-0.4, -0.2) is 27.9 Å². The lowest BCUT2D eigenvalue weighted by Crippen LogP contribution is -2.30. The van der Waals surface area contributed by atoms with Gasteiger partial charge in [-0.2, -0.15) is 5.10 Å². The normalized spacial score (nSPS) is 13.5. The smallest absolute Gasteiger partial charge is 0.147 e. The van der Waals surface area contributed by atoms with Gasteiger partial charge >= 0.3 is 0 Å². The lowest BCUT2D eigenvalue weighted by Gasteiger charge is -2.22. The average molecular weight is 210 g/mol. The molecule has 0 fully saturated rings. The molecule has 0 spiro atoms. The second-order valence-electron chi connectivity index (χ2n) is 4.27. The van der Waals surface area contributed by atoms with Crippen LogP contribution in [0.4, 0.5) is 0 Å². The van der Waals surface area contributed by atoms with Gasteiger partial charge in [-0.15, -0.1) is 0 Å². The molecule has 1 aromatic rings. The molecule has 1 atom stereocenters. The van der Waals surface area contributed by atoms with Crippen LogP contribution >= 0.6 is 0 Å². The maximum absolute atomic E-state index is 4.45. The van der Waals surface area contributed by atoms with Crippen molar-refractivity contribution in [2.24, 2.45) is 5.92 Å². The average Bonchev–Trinajstić information content (AvgIpc) is 2.46. The summed E-state index contributed by atoms with van der Waals surface area (Å²) >= 11 is 0. The molecule has 1 unspecified atom stereocenters. The van der Waals surface area contributed by atoms with Gasteiger partial charge in [0, 0.05) is 6.54 Å². The van der Waals surface area contributed by atoms with Crippen LogP contribution in [0.1, 0.15) is 38.5 Å². The molecule has 1 rings (SSSR count). The van der Waals surface area contributed by atoms with Gasteiger partial charge in [-0.25, -0.2) is 9.67 Å². The zero-order chi connectivity index (χ0) is 11.4. The van der Waals surface area contributed by atoms with E-state index in [1.807, 2.05) is 18.5 Å². The van der Waals surface area contributed by atoms with E-state index in [1.54, 1.807) is 0 Å². The van der Waals surface area contributed by atoms with Gasteiger partial charge in [0.2, 0.25) is 0 Å². The first-order valence-electron chi connectivity index (χ1n) is 5.66. The highest BCUT2D eigenvalue weighted by molar-refractivity contribution is 4.91. The molecule has 0 saturated heterocycles. The first-order chi connectivity index (χ1) is 7.06. The molecular formula is C11H22N4. The molecule has 0 aromatic carbocycles. The molecule has 0 aliphatic carbocycles. The first-order valence-corrected chi connectivity index (χ1v) is 5.66. The van der Waals surface area contributed by atoms with Crippen LogP contribution in [-0.2, 0) is 0 Å². The maximum atomic E-state index is 4.45. The second kappa shape index (κ2) is 5.26. The van der Waals surface area contributed by atoms with Crippen LogP contribution in [0.25, 0.3) is 0 Å². The van der Waals surface area contributed by atoms with E-state index in [4.69, 9.17) is 0 Å². The molecule has 0 aliphatic heterocycles. The minimum atomic E-state index is 0.395. The summed E-state index contributed by atoms with van der Waals surface area (Å²) < 4.78 is 2.04. The molecule has 0 radical (unpaired) electrons. The topological polar surface area (TPSA) is 42.7 Å². The molecule has 86 valence electrons. The molecule has 1 heterocycles. The fourth-order valence-electron chi connectivity index (χ4n) is 1.75. The summed E-state index contributed by atoms with van der Waals surface area (Å²) in [6.07, 6.45) is 0. The number of aryl methyl sites for hydroxylation is 2. The third-order valence-corrected chi connectivity index (χ3v) is 2.59. The van der Waals surface area contributed by atoms with Gasteiger partial charge in [0.05, 0.1) is 6.04 Å². The van der Waals surface area contributed by atoms with Crippen molar-refractivity contribution in [3.63, 3.8) is 0 Å². The van der Waals surface area contributed by atoms with E-state index < -0.39 is 0 Å². The van der Waals surface area contributed by atoms with E-state index in [0.29, 0.717) is 12.0 Å². The number of hydrogen-bond donors (Lipinski definition) is 1. The van der Waals surface area contributed by atoms with Crippen molar-refractivity contribution in [3.05, 3.63) is 11.6 Å². The van der Waals surface area contributed by atoms with E-state index in [0.717, 1.165) is 24.7 Å². The van der Waals surface area contributed by atoms with Crippen LogP contribution in [0, 0.1) is 19.8 Å². The van der Waals surface area contributed by atoms with Crippen molar-refractivity contribution in [2.75, 3.05) is 13.1 Å². The van der Waals surface area contributed by atoms with E-state index in [1.165, 1.54) is 0 Å². The van der Waals surface area contributed by atoms with Gasteiger partial charge in [-0.1, -0.05) is 20.8 Å². The number of nitrogens with one attached hydrogen (secondary N) is 1. The van der Waals surface area contributed by atoms with Crippen LogP contribution in [0.5, 0.6) is 0 Å². The highest BCUT2D eigenvalue weighted by Gasteiger charge is 2.18. The van der Waals surface area contributed by atoms with Gasteiger partial charge in [-0.05, 0) is 26.3 Å². The summed E-state index contributed by atoms with van der Waals surface area (Å²) in [6.45, 7) is 12.5. The highest BCUT2D eigenvalue weighted by Crippen LogP contribution is 2.17. The van der Waals surface area contributed by atoms with Crippen molar-refractivity contribution in [1.82, 2.24) is 20.1 Å². The summed E-state index contributed by atoms with van der Waals surface area (Å²) in [5.41, 5.74) is 0. The lowest BCUT2D eigenvalue weighted by atomic mass is 10.0. The van der Waals surface area contributed by atoms with Crippen molar-refractivity contribution in [2.45, 2.75) is 40.7 Å². The van der Waals surface area contributed by atoms with Crippen LogP contribution in [0.15, 0.2) is 0 Å². The summed E-state index contributed by atoms with van der Waals surface area (Å²) in [6, 6.07) is 0.395. The molecule has 4 heteroatoms. The molecule has 0 bridgehead atoms. The van der Waals surface area contributed by atoms with Gasteiger partial charge in [0.15, 0.2) is 0 Å². The lowest BCUT2D eigenvalue weighted by molar-refractivity contribution is 0.325. The van der Waals surface area contributed by atoms with Crippen molar-refractivity contribution in [3.8, 4) is 0 Å². The molecule has 0 saturated carbocycles. The van der Waals surface area contributed by atoms with Crippen molar-refractivity contribution >= 4 is 0 Å². The zero-order valence-corrected chi connectivity index (χ0v) is 10.4. The van der Waals surface area contributed by atoms with Crippen LogP contribution in [0.3, 0.4) is 0 Å². The van der Waals surface area contributed by atoms with E-state index in [9.17, 15) is 0 Å². The standard InChI is InChI=1S/C11H22N4/c1-6-12-7-11(8(2)3)15-10(5)13-9(4)14-15/h8,11-12H,6-7H2,1-5H3. The van der Waals surface area contributed by atoms with Crippen LogP contribution < -0.4 is 5.32 Å². The minimum absolute atomic E-state index is 0.395. The molecule has 1 N–H and O–H groups in total. The summed E-state index contributed by atoms with van der Waals surface area (Å²) in [5, 5.41) is 7.83. The Morgan fingerprint density at radius 1 is 1.33 bits per heavy atom. The Morgan fingerprint density at radius 2 is 2.00 bits per heavy atom. The fourth-order valence-corrected chi connectivity index (χ4v) is 1.75. The van der Waals surface area contributed by atoms with E-state index in [2.05, 4.69) is 36.2 Å². The predicted octanol–water partition coefficient (Wildman–Crippen LogP) is 1.70. The SMILES string of the molecule is CCNCC(C(C)C)n1nc(C)nc1C. The Hall–Kier alpha value is -0.900. The largest absolute Gasteiger partial charge is 0.315 e. The highest BCUT2D eigenvalue weighted by atomic mass is 15.4. The Kier molecular flexibility index (Phi) is 4.27. The molecule has 15 heavy (non-hydrogen) atoms. The number of nitrogens with zero attached hydrogens (tertiary/aromatic N) is 3. The number of likely N-dealkylation sites (N-methyl/N-ethyl adjacent to an activating group) is 1. The van der Waals surface area contributed by atoms with Gasteiger partial charge in [-0.3, -0.25) is 0 Å². The third-order valence-electron chi connectivity index (χ3n) is 2.59. The Balaban J connectivity index is 2.83. The summed E-state index contributed by atoms with van der Waals surface area (Å²) in [5.74, 6) is 2.42. The predicted molar refractivity (Wildman–Crippen MR) is 61.9 cm³/mol. The first kappa shape index (κ1) is 12.2. The molecule has 0 amide bonds. The van der Waals surface area contributed by atoms with Gasteiger partial charge in [0.1, 0.15) is 11.6 Å². The molecule has 4 nitrogen and oxygen atoms in total. The number of hydrogen-bond acceptors (Lipinski definition) is 3. The molecular weight excluding hydrogens is 188 g/mol. The monoisotopic (exact) mass is 210 g/mol. The second-order valence-corrected chi connectivity index (χ2v) is 4.27. The van der Waals surface area contributed by atoms with E-state index >= 15 is 0 Å². The summed E-state index contributed by atoms with van der Waals surface area (Å²) in [4.78, 5) is 4.35. The molecule has 1 aromatic heterocycles. The fraction of sp³-hybridized carbons (Fsp3) is 0.818. The maximum Gasteiger partial charge on any atom is 0.147 e. The number of aromatic nitrogens is 3. The quantitative estimate of drug-likeness (QED) is 0.804.